The van der Waals surface area contributed by atoms with Gasteiger partial charge in [-0.3, -0.25) is 19.7 Å². The molecule has 9 heteroatoms. The Morgan fingerprint density at radius 1 is 0.761 bits per heavy atom. The highest BCUT2D eigenvalue weighted by Gasteiger charge is 2.33. The summed E-state index contributed by atoms with van der Waals surface area (Å²) in [5.74, 6) is -2.65. The van der Waals surface area contributed by atoms with Gasteiger partial charge in [0, 0.05) is 11.5 Å². The molecule has 0 bridgehead atoms. The maximum Gasteiger partial charge on any atom is 0.407 e. The number of aliphatic hydroxyl groups excluding tert-OH is 1. The van der Waals surface area contributed by atoms with E-state index in [4.69, 9.17) is 4.74 Å². The number of imide groups is 1. The minimum absolute atomic E-state index is 0.00812. The first-order valence-electron chi connectivity index (χ1n) is 15.8. The van der Waals surface area contributed by atoms with E-state index in [1.165, 1.54) is 0 Å². The topological polar surface area (TPSA) is 134 Å². The predicted octanol–water partition coefficient (Wildman–Crippen LogP) is 5.22. The molecule has 0 aromatic heterocycles. The zero-order chi connectivity index (χ0) is 33.7. The molecule has 0 spiro atoms. The number of alkyl carbamates (subject to hydrolysis) is 1. The van der Waals surface area contributed by atoms with Crippen molar-refractivity contribution in [1.82, 2.24) is 16.0 Å². The van der Waals surface area contributed by atoms with Crippen molar-refractivity contribution in [3.05, 3.63) is 108 Å². The fourth-order valence-electron chi connectivity index (χ4n) is 5.07. The van der Waals surface area contributed by atoms with Crippen LogP contribution in [0, 0.1) is 11.8 Å². The largest absolute Gasteiger partial charge is 0.444 e. The van der Waals surface area contributed by atoms with Gasteiger partial charge in [-0.1, -0.05) is 99.1 Å². The van der Waals surface area contributed by atoms with Crippen LogP contribution >= 0.6 is 0 Å². The zero-order valence-corrected chi connectivity index (χ0v) is 27.4. The number of nitrogens with one attached hydrogen (secondary N) is 3. The van der Waals surface area contributed by atoms with Gasteiger partial charge in [-0.05, 0) is 69.2 Å². The summed E-state index contributed by atoms with van der Waals surface area (Å²) in [7, 11) is 0. The van der Waals surface area contributed by atoms with E-state index in [0.29, 0.717) is 18.4 Å². The molecule has 246 valence electrons. The summed E-state index contributed by atoms with van der Waals surface area (Å²) in [5, 5.41) is 19.7. The van der Waals surface area contributed by atoms with Gasteiger partial charge in [0.05, 0.1) is 12.1 Å². The Bertz CT molecular complexity index is 1410. The summed E-state index contributed by atoms with van der Waals surface area (Å²) < 4.78 is 5.47. The van der Waals surface area contributed by atoms with Crippen molar-refractivity contribution in [3.63, 3.8) is 0 Å². The fourth-order valence-corrected chi connectivity index (χ4v) is 5.07. The second-order valence-electron chi connectivity index (χ2n) is 12.7. The van der Waals surface area contributed by atoms with Crippen LogP contribution < -0.4 is 16.0 Å². The molecular formula is C37H47N3O6. The van der Waals surface area contributed by atoms with Crippen molar-refractivity contribution in [2.45, 2.75) is 84.1 Å². The van der Waals surface area contributed by atoms with Crippen molar-refractivity contribution in [1.29, 1.82) is 0 Å². The van der Waals surface area contributed by atoms with Crippen LogP contribution in [-0.2, 0) is 27.2 Å². The van der Waals surface area contributed by atoms with Gasteiger partial charge < -0.3 is 20.5 Å². The number of ether oxygens (including phenoxy) is 1. The average molecular weight is 630 g/mol. The molecule has 0 aliphatic carbocycles. The summed E-state index contributed by atoms with van der Waals surface area (Å²) in [4.78, 5) is 52.9. The molecule has 0 saturated heterocycles. The molecule has 3 rings (SSSR count). The standard InChI is InChI=1S/C37H47N3O6/c1-6-25(2)32(35(44)40-33(42)28-20-14-9-15-21-28)39-34(43)29(22-26-16-10-7-11-17-26)24-31(41)30(23-27-18-12-8-13-19-27)38-36(45)46-37(3,4)5/h7-21,25,29-32,41H,6,22-24H2,1-5H3,(H,38,45)(H,39,43)(H,40,42,44)/t25-,29?,30?,31?,32-/m0/s1. The second kappa shape index (κ2) is 17.3. The number of rotatable bonds is 14. The molecule has 4 N–H and O–H groups in total. The molecular weight excluding hydrogens is 582 g/mol. The summed E-state index contributed by atoms with van der Waals surface area (Å²) in [5.41, 5.74) is 1.36. The van der Waals surface area contributed by atoms with E-state index in [1.807, 2.05) is 74.5 Å². The van der Waals surface area contributed by atoms with Crippen LogP contribution in [0.4, 0.5) is 4.79 Å². The van der Waals surface area contributed by atoms with Crippen molar-refractivity contribution in [2.75, 3.05) is 0 Å². The number of aliphatic hydroxyl groups is 1. The minimum Gasteiger partial charge on any atom is -0.444 e. The van der Waals surface area contributed by atoms with Gasteiger partial charge in [-0.2, -0.15) is 0 Å². The molecule has 0 saturated carbocycles. The Labute approximate surface area is 272 Å². The van der Waals surface area contributed by atoms with E-state index in [1.54, 1.807) is 51.1 Å². The molecule has 0 aliphatic rings. The maximum absolute atomic E-state index is 14.0. The minimum atomic E-state index is -1.14. The molecule has 5 atom stereocenters. The number of hydrogen-bond acceptors (Lipinski definition) is 6. The third-order valence-electron chi connectivity index (χ3n) is 7.75. The molecule has 0 radical (unpaired) electrons. The number of amides is 4. The zero-order valence-electron chi connectivity index (χ0n) is 27.4. The molecule has 3 aromatic rings. The summed E-state index contributed by atoms with van der Waals surface area (Å²) >= 11 is 0. The number of benzene rings is 3. The molecule has 4 amide bonds. The van der Waals surface area contributed by atoms with Gasteiger partial charge >= 0.3 is 6.09 Å². The lowest BCUT2D eigenvalue weighted by atomic mass is 9.88. The lowest BCUT2D eigenvalue weighted by molar-refractivity contribution is -0.132. The van der Waals surface area contributed by atoms with Crippen LogP contribution in [0.25, 0.3) is 0 Å². The SMILES string of the molecule is CC[C@H](C)[C@H](NC(=O)C(Cc1ccccc1)CC(O)C(Cc1ccccc1)NC(=O)OC(C)(C)C)C(=O)NC(=O)c1ccccc1. The van der Waals surface area contributed by atoms with Crippen molar-refractivity contribution in [3.8, 4) is 0 Å². The number of hydrogen-bond donors (Lipinski definition) is 4. The summed E-state index contributed by atoms with van der Waals surface area (Å²) in [6.07, 6.45) is -0.656. The highest BCUT2D eigenvalue weighted by Crippen LogP contribution is 2.21. The lowest BCUT2D eigenvalue weighted by Crippen LogP contribution is -2.54. The summed E-state index contributed by atoms with van der Waals surface area (Å²) in [6, 6.07) is 25.5. The second-order valence-corrected chi connectivity index (χ2v) is 12.7. The molecule has 3 aromatic carbocycles. The molecule has 46 heavy (non-hydrogen) atoms. The third-order valence-corrected chi connectivity index (χ3v) is 7.75. The quantitative estimate of drug-likeness (QED) is 0.193. The van der Waals surface area contributed by atoms with Crippen molar-refractivity contribution >= 4 is 23.8 Å². The van der Waals surface area contributed by atoms with Crippen molar-refractivity contribution in [2.24, 2.45) is 11.8 Å². The molecule has 0 aliphatic heterocycles. The average Bonchev–Trinajstić information content (AvgIpc) is 3.02. The van der Waals surface area contributed by atoms with Crippen molar-refractivity contribution < 1.29 is 29.0 Å². The molecule has 0 heterocycles. The Kier molecular flexibility index (Phi) is 13.5. The van der Waals surface area contributed by atoms with Crippen LogP contribution in [-0.4, -0.2) is 52.7 Å². The molecule has 0 fully saturated rings. The molecule has 3 unspecified atom stereocenters. The van der Waals surface area contributed by atoms with E-state index in [-0.39, 0.29) is 18.8 Å². The van der Waals surface area contributed by atoms with E-state index in [0.717, 1.165) is 11.1 Å². The van der Waals surface area contributed by atoms with Gasteiger partial charge in [-0.15, -0.1) is 0 Å². The normalized spacial score (nSPS) is 14.6. The predicted molar refractivity (Wildman–Crippen MR) is 178 cm³/mol. The maximum atomic E-state index is 14.0. The fraction of sp³-hybridized carbons (Fsp3) is 0.405. The Hall–Kier alpha value is -4.50. The number of carbonyl (C=O) groups is 4. The van der Waals surface area contributed by atoms with E-state index < -0.39 is 53.5 Å². The van der Waals surface area contributed by atoms with Gasteiger partial charge in [0.25, 0.3) is 5.91 Å². The smallest absolute Gasteiger partial charge is 0.407 e. The van der Waals surface area contributed by atoms with Gasteiger partial charge in [-0.25, -0.2) is 4.79 Å². The Morgan fingerprint density at radius 3 is 1.80 bits per heavy atom. The highest BCUT2D eigenvalue weighted by molar-refractivity contribution is 6.06. The Balaban J connectivity index is 1.85. The van der Waals surface area contributed by atoms with E-state index in [2.05, 4.69) is 16.0 Å². The molecule has 9 nitrogen and oxygen atoms in total. The van der Waals surface area contributed by atoms with Gasteiger partial charge in [0.15, 0.2) is 0 Å². The monoisotopic (exact) mass is 629 g/mol. The Morgan fingerprint density at radius 2 is 1.28 bits per heavy atom. The summed E-state index contributed by atoms with van der Waals surface area (Å²) in [6.45, 7) is 9.00. The first-order valence-corrected chi connectivity index (χ1v) is 15.8. The highest BCUT2D eigenvalue weighted by atomic mass is 16.6. The van der Waals surface area contributed by atoms with E-state index in [9.17, 15) is 24.3 Å². The first kappa shape index (κ1) is 36.0. The number of carbonyl (C=O) groups excluding carboxylic acids is 4. The van der Waals surface area contributed by atoms with Crippen LogP contribution in [0.5, 0.6) is 0 Å². The first-order chi connectivity index (χ1) is 21.9. The lowest BCUT2D eigenvalue weighted by Gasteiger charge is -2.30. The van der Waals surface area contributed by atoms with E-state index >= 15 is 0 Å². The van der Waals surface area contributed by atoms with Crippen LogP contribution in [0.15, 0.2) is 91.0 Å². The van der Waals surface area contributed by atoms with Crippen LogP contribution in [0.3, 0.4) is 0 Å². The van der Waals surface area contributed by atoms with Gasteiger partial charge in [0.2, 0.25) is 11.8 Å². The van der Waals surface area contributed by atoms with Crippen LogP contribution in [0.1, 0.15) is 68.9 Å². The van der Waals surface area contributed by atoms with Crippen LogP contribution in [0.2, 0.25) is 0 Å². The third kappa shape index (κ3) is 11.8. The van der Waals surface area contributed by atoms with Gasteiger partial charge in [0.1, 0.15) is 11.6 Å².